The number of aromatic hydroxyl groups is 1. The number of nitrogens with zero attached hydrogens (tertiary/aromatic N) is 1. The number of phenolic OH excluding ortho intramolecular Hbond substituents is 1. The van der Waals surface area contributed by atoms with Crippen LogP contribution in [-0.2, 0) is 45.0 Å². The molecule has 1 heterocycles. The van der Waals surface area contributed by atoms with Crippen molar-refractivity contribution in [1.29, 1.82) is 0 Å². The van der Waals surface area contributed by atoms with Crippen molar-refractivity contribution in [3.05, 3.63) is 100 Å². The molecule has 0 aromatic heterocycles. The fourth-order valence-electron chi connectivity index (χ4n) is 7.75. The van der Waals surface area contributed by atoms with Crippen LogP contribution in [0.25, 0.3) is 0 Å². The number of amides is 4. The van der Waals surface area contributed by atoms with E-state index in [1.165, 1.54) is 4.90 Å². The van der Waals surface area contributed by atoms with Gasteiger partial charge in [-0.25, -0.2) is 0 Å². The molecular weight excluding hydrogens is 630 g/mol. The summed E-state index contributed by atoms with van der Waals surface area (Å²) in [5.74, 6) is -1.82. The summed E-state index contributed by atoms with van der Waals surface area (Å²) < 4.78 is 0. The normalized spacial score (nSPS) is 18.6. The highest BCUT2D eigenvalue weighted by atomic mass is 16.3. The summed E-state index contributed by atoms with van der Waals surface area (Å²) in [5, 5.41) is 15.9. The number of carbonyl (C=O) groups excluding carboxylic acids is 4. The Balaban J connectivity index is 1.41. The van der Waals surface area contributed by atoms with Gasteiger partial charge in [0.25, 0.3) is 0 Å². The lowest BCUT2D eigenvalue weighted by Crippen LogP contribution is -2.61. The first-order valence-electron chi connectivity index (χ1n) is 17.8. The van der Waals surface area contributed by atoms with Crippen molar-refractivity contribution in [3.8, 4) is 5.75 Å². The molecule has 3 aromatic carbocycles. The number of primary amides is 1. The molecule has 1 aliphatic carbocycles. The number of hydrogen-bond donors (Lipinski definition) is 5. The lowest BCUT2D eigenvalue weighted by Gasteiger charge is -2.39. The zero-order valence-electron chi connectivity index (χ0n) is 29.4. The van der Waals surface area contributed by atoms with E-state index < -0.39 is 41.9 Å². The van der Waals surface area contributed by atoms with Crippen LogP contribution in [0.2, 0.25) is 0 Å². The molecule has 1 saturated carbocycles. The fourth-order valence-corrected chi connectivity index (χ4v) is 7.75. The van der Waals surface area contributed by atoms with Gasteiger partial charge in [-0.1, -0.05) is 93.6 Å². The van der Waals surface area contributed by atoms with E-state index in [9.17, 15) is 24.3 Å². The number of benzene rings is 3. The molecule has 266 valence electrons. The van der Waals surface area contributed by atoms with Crippen LogP contribution in [0, 0.1) is 25.7 Å². The molecule has 0 bridgehead atoms. The van der Waals surface area contributed by atoms with Crippen molar-refractivity contribution in [2.45, 2.75) is 103 Å². The highest BCUT2D eigenvalue weighted by Gasteiger charge is 2.40. The van der Waals surface area contributed by atoms with Crippen LogP contribution >= 0.6 is 0 Å². The van der Waals surface area contributed by atoms with E-state index in [1.54, 1.807) is 12.1 Å². The van der Waals surface area contributed by atoms with Crippen LogP contribution in [0.15, 0.2) is 66.7 Å². The van der Waals surface area contributed by atoms with Crippen LogP contribution in [0.3, 0.4) is 0 Å². The molecule has 5 rings (SSSR count). The minimum Gasteiger partial charge on any atom is -0.508 e. The van der Waals surface area contributed by atoms with Gasteiger partial charge >= 0.3 is 0 Å². The fraction of sp³-hybridized carbons (Fsp3) is 0.450. The first-order valence-corrected chi connectivity index (χ1v) is 17.8. The summed E-state index contributed by atoms with van der Waals surface area (Å²) in [6.45, 7) is 5.92. The molecule has 1 fully saturated rings. The number of nitrogens with two attached hydrogens (primary N) is 2. The van der Waals surface area contributed by atoms with E-state index in [-0.39, 0.29) is 49.3 Å². The summed E-state index contributed by atoms with van der Waals surface area (Å²) >= 11 is 0. The number of carbonyl (C=O) groups is 4. The molecule has 50 heavy (non-hydrogen) atoms. The average Bonchev–Trinajstić information content (AvgIpc) is 3.11. The highest BCUT2D eigenvalue weighted by Crippen LogP contribution is 2.32. The van der Waals surface area contributed by atoms with Crippen LogP contribution < -0.4 is 22.1 Å². The molecule has 10 nitrogen and oxygen atoms in total. The second kappa shape index (κ2) is 16.3. The smallest absolute Gasteiger partial charge is 0.243 e. The van der Waals surface area contributed by atoms with Crippen molar-refractivity contribution < 1.29 is 24.3 Å². The number of nitrogens with one attached hydrogen (secondary N) is 2. The maximum atomic E-state index is 14.4. The van der Waals surface area contributed by atoms with Gasteiger partial charge in [-0.2, -0.15) is 0 Å². The van der Waals surface area contributed by atoms with Crippen molar-refractivity contribution in [1.82, 2.24) is 15.5 Å². The van der Waals surface area contributed by atoms with E-state index >= 15 is 0 Å². The molecule has 2 aliphatic rings. The van der Waals surface area contributed by atoms with E-state index in [1.807, 2.05) is 75.4 Å². The van der Waals surface area contributed by atoms with Crippen LogP contribution in [0.1, 0.15) is 72.4 Å². The van der Waals surface area contributed by atoms with Gasteiger partial charge < -0.3 is 32.1 Å². The second-order valence-electron chi connectivity index (χ2n) is 14.2. The lowest BCUT2D eigenvalue weighted by molar-refractivity contribution is -0.144. The van der Waals surface area contributed by atoms with E-state index in [2.05, 4.69) is 10.6 Å². The van der Waals surface area contributed by atoms with Gasteiger partial charge in [0.2, 0.25) is 23.6 Å². The monoisotopic (exact) mass is 681 g/mol. The standard InChI is InChI=1S/C40H51N5O5/c1-24-18-31(46)19-25(2)32(24)22-33(41)40(50)45-23-30-17-11-10-16-29(30)21-35(45)38(48)44-36(26(3)28-14-8-5-9-15-28)39(49)43-34(37(42)47)20-27-12-6-4-7-13-27/h4,6-7,10-13,16-19,26,28,33-36,46H,5,8-9,14-15,20-23,41H2,1-3H3,(H2,42,47)(H,43,49)(H,44,48)/t26-,33+,34+,35+,36+/m1/s1. The SMILES string of the molecule is Cc1cc(O)cc(C)c1C[C@H](N)C(=O)N1Cc2ccccc2C[C@H]1C(=O)N[C@H](C(=O)N[C@@H](Cc1ccccc1)C(N)=O)[C@H](C)C1CCCCC1. The predicted molar refractivity (Wildman–Crippen MR) is 193 cm³/mol. The quantitative estimate of drug-likeness (QED) is 0.195. The van der Waals surface area contributed by atoms with Crippen molar-refractivity contribution in [2.24, 2.45) is 23.3 Å². The number of hydrogen-bond acceptors (Lipinski definition) is 6. The number of phenols is 1. The highest BCUT2D eigenvalue weighted by molar-refractivity contribution is 5.95. The van der Waals surface area contributed by atoms with E-state index in [4.69, 9.17) is 11.5 Å². The van der Waals surface area contributed by atoms with Gasteiger partial charge in [-0.05, 0) is 77.6 Å². The zero-order valence-corrected chi connectivity index (χ0v) is 29.4. The molecule has 3 aromatic rings. The first-order chi connectivity index (χ1) is 23.9. The van der Waals surface area contributed by atoms with Crippen LogP contribution in [-0.4, -0.2) is 57.8 Å². The Labute approximate surface area is 295 Å². The molecule has 4 amide bonds. The Morgan fingerprint density at radius 2 is 1.50 bits per heavy atom. The maximum Gasteiger partial charge on any atom is 0.243 e. The number of aryl methyl sites for hydroxylation is 2. The van der Waals surface area contributed by atoms with Crippen molar-refractivity contribution in [2.75, 3.05) is 0 Å². The van der Waals surface area contributed by atoms with Crippen molar-refractivity contribution >= 4 is 23.6 Å². The third-order valence-corrected chi connectivity index (χ3v) is 10.7. The Kier molecular flexibility index (Phi) is 12.0. The Morgan fingerprint density at radius 3 is 2.14 bits per heavy atom. The van der Waals surface area contributed by atoms with Crippen molar-refractivity contribution in [3.63, 3.8) is 0 Å². The Morgan fingerprint density at radius 1 is 0.880 bits per heavy atom. The number of fused-ring (bicyclic) bond motifs is 1. The van der Waals surface area contributed by atoms with Gasteiger partial charge in [0.05, 0.1) is 6.04 Å². The molecule has 0 saturated heterocycles. The first kappa shape index (κ1) is 36.6. The number of rotatable bonds is 12. The molecule has 7 N–H and O–H groups in total. The minimum absolute atomic E-state index is 0.149. The molecule has 0 unspecified atom stereocenters. The maximum absolute atomic E-state index is 14.4. The summed E-state index contributed by atoms with van der Waals surface area (Å²) in [4.78, 5) is 56.8. The van der Waals surface area contributed by atoms with E-state index in [0.29, 0.717) is 0 Å². The predicted octanol–water partition coefficient (Wildman–Crippen LogP) is 3.75. The third-order valence-electron chi connectivity index (χ3n) is 10.7. The summed E-state index contributed by atoms with van der Waals surface area (Å²) in [6.07, 6.45) is 5.84. The largest absolute Gasteiger partial charge is 0.508 e. The summed E-state index contributed by atoms with van der Waals surface area (Å²) in [5.41, 5.74) is 17.6. The molecule has 5 atom stereocenters. The van der Waals surface area contributed by atoms with Crippen LogP contribution in [0.5, 0.6) is 5.75 Å². The Hall–Kier alpha value is -4.70. The molecule has 0 spiro atoms. The molecular formula is C40H51N5O5. The average molecular weight is 682 g/mol. The van der Waals surface area contributed by atoms with Gasteiger partial charge in [-0.3, -0.25) is 19.2 Å². The second-order valence-corrected chi connectivity index (χ2v) is 14.2. The molecule has 1 aliphatic heterocycles. The summed E-state index contributed by atoms with van der Waals surface area (Å²) in [6, 6.07) is 16.6. The molecule has 10 heteroatoms. The Bertz CT molecular complexity index is 1670. The topological polar surface area (TPSA) is 168 Å². The van der Waals surface area contributed by atoms with Gasteiger partial charge in [0, 0.05) is 19.4 Å². The van der Waals surface area contributed by atoms with Gasteiger partial charge in [0.1, 0.15) is 23.9 Å². The third kappa shape index (κ3) is 8.71. The summed E-state index contributed by atoms with van der Waals surface area (Å²) in [7, 11) is 0. The lowest BCUT2D eigenvalue weighted by atomic mass is 9.77. The zero-order chi connectivity index (χ0) is 35.9. The van der Waals surface area contributed by atoms with Crippen LogP contribution in [0.4, 0.5) is 0 Å². The van der Waals surface area contributed by atoms with Gasteiger partial charge in [0.15, 0.2) is 0 Å². The molecule has 0 radical (unpaired) electrons. The van der Waals surface area contributed by atoms with Gasteiger partial charge in [-0.15, -0.1) is 0 Å². The minimum atomic E-state index is -0.965. The van der Waals surface area contributed by atoms with E-state index in [0.717, 1.165) is 65.5 Å².